The number of rotatable bonds is 5. The maximum absolute atomic E-state index is 11.3. The third-order valence-corrected chi connectivity index (χ3v) is 2.00. The molecule has 1 rings (SSSR count). The molecule has 1 heterocycles. The van der Waals surface area contributed by atoms with Crippen LogP contribution in [0.3, 0.4) is 0 Å². The highest BCUT2D eigenvalue weighted by atomic mass is 35.5. The Kier molecular flexibility index (Phi) is 4.98. The number of hydrogen-bond acceptors (Lipinski definition) is 4. The summed E-state index contributed by atoms with van der Waals surface area (Å²) in [4.78, 5) is 19.2. The third-order valence-electron chi connectivity index (χ3n) is 1.83. The molecule has 5 nitrogen and oxygen atoms in total. The molecule has 88 valence electrons. The molecule has 0 saturated heterocycles. The Hall–Kier alpha value is -1.36. The van der Waals surface area contributed by atoms with Crippen LogP contribution in [-0.4, -0.2) is 29.0 Å². The van der Waals surface area contributed by atoms with Gasteiger partial charge in [0.25, 0.3) is 0 Å². The quantitative estimate of drug-likeness (QED) is 0.766. The zero-order chi connectivity index (χ0) is 12.0. The molecule has 6 heteroatoms. The van der Waals surface area contributed by atoms with Gasteiger partial charge >= 0.3 is 0 Å². The first-order valence-corrected chi connectivity index (χ1v) is 5.51. The molecular formula is C10H15ClN4O. The fourth-order valence-corrected chi connectivity index (χ4v) is 1.35. The number of carbonyl (C=O) groups is 1. The SMILES string of the molecule is CCCNC(=O)CNc1cc(C)nc(Cl)n1. The van der Waals surface area contributed by atoms with Crippen molar-refractivity contribution >= 4 is 23.3 Å². The number of nitrogens with zero attached hydrogens (tertiary/aromatic N) is 2. The smallest absolute Gasteiger partial charge is 0.239 e. The largest absolute Gasteiger partial charge is 0.361 e. The van der Waals surface area contributed by atoms with E-state index in [9.17, 15) is 4.79 Å². The minimum atomic E-state index is -0.0609. The lowest BCUT2D eigenvalue weighted by Crippen LogP contribution is -2.30. The second kappa shape index (κ2) is 6.27. The molecule has 1 amide bonds. The Labute approximate surface area is 99.6 Å². The molecule has 16 heavy (non-hydrogen) atoms. The van der Waals surface area contributed by atoms with Crippen LogP contribution in [-0.2, 0) is 4.79 Å². The lowest BCUT2D eigenvalue weighted by Gasteiger charge is -2.06. The van der Waals surface area contributed by atoms with Gasteiger partial charge in [0.15, 0.2) is 0 Å². The predicted octanol–water partition coefficient (Wildman–Crippen LogP) is 1.38. The highest BCUT2D eigenvalue weighted by Crippen LogP contribution is 2.08. The molecule has 0 unspecified atom stereocenters. The van der Waals surface area contributed by atoms with E-state index in [1.807, 2.05) is 13.8 Å². The maximum Gasteiger partial charge on any atom is 0.239 e. The van der Waals surface area contributed by atoms with Gasteiger partial charge in [-0.25, -0.2) is 9.97 Å². The Balaban J connectivity index is 2.45. The van der Waals surface area contributed by atoms with Crippen molar-refractivity contribution in [1.82, 2.24) is 15.3 Å². The molecule has 0 atom stereocenters. The van der Waals surface area contributed by atoms with Crippen LogP contribution in [0.1, 0.15) is 19.0 Å². The fourth-order valence-electron chi connectivity index (χ4n) is 1.12. The molecule has 0 aromatic carbocycles. The van der Waals surface area contributed by atoms with Crippen molar-refractivity contribution in [3.8, 4) is 0 Å². The third kappa shape index (κ3) is 4.44. The molecule has 0 fully saturated rings. The number of nitrogens with one attached hydrogen (secondary N) is 2. The molecule has 0 aliphatic carbocycles. The molecule has 0 spiro atoms. The van der Waals surface area contributed by atoms with Crippen LogP contribution >= 0.6 is 11.6 Å². The van der Waals surface area contributed by atoms with Crippen molar-refractivity contribution in [2.45, 2.75) is 20.3 Å². The van der Waals surface area contributed by atoms with Gasteiger partial charge in [-0.2, -0.15) is 0 Å². The van der Waals surface area contributed by atoms with Crippen molar-refractivity contribution in [1.29, 1.82) is 0 Å². The van der Waals surface area contributed by atoms with Crippen molar-refractivity contribution < 1.29 is 4.79 Å². The average Bonchev–Trinajstić information content (AvgIpc) is 2.22. The summed E-state index contributed by atoms with van der Waals surface area (Å²) in [6.45, 7) is 4.69. The van der Waals surface area contributed by atoms with E-state index in [0.29, 0.717) is 12.4 Å². The number of aryl methyl sites for hydroxylation is 1. The normalized spacial score (nSPS) is 9.94. The van der Waals surface area contributed by atoms with Gasteiger partial charge in [-0.1, -0.05) is 6.92 Å². The molecule has 0 aliphatic rings. The van der Waals surface area contributed by atoms with Crippen molar-refractivity contribution in [2.24, 2.45) is 0 Å². The number of anilines is 1. The minimum absolute atomic E-state index is 0.0609. The standard InChI is InChI=1S/C10H15ClN4O/c1-3-4-12-9(16)6-13-8-5-7(2)14-10(11)15-8/h5H,3-4,6H2,1-2H3,(H,12,16)(H,13,14,15). The first-order valence-electron chi connectivity index (χ1n) is 5.13. The van der Waals surface area contributed by atoms with Crippen LogP contribution < -0.4 is 10.6 Å². The second-order valence-corrected chi connectivity index (χ2v) is 3.71. The number of halogens is 1. The zero-order valence-electron chi connectivity index (χ0n) is 9.38. The van der Waals surface area contributed by atoms with Crippen LogP contribution in [0.2, 0.25) is 5.28 Å². The van der Waals surface area contributed by atoms with Gasteiger partial charge in [0, 0.05) is 18.3 Å². The van der Waals surface area contributed by atoms with E-state index in [2.05, 4.69) is 20.6 Å². The lowest BCUT2D eigenvalue weighted by molar-refractivity contribution is -0.119. The summed E-state index contributed by atoms with van der Waals surface area (Å²) in [5.41, 5.74) is 0.761. The summed E-state index contributed by atoms with van der Waals surface area (Å²) < 4.78 is 0. The first-order chi connectivity index (χ1) is 7.61. The van der Waals surface area contributed by atoms with Gasteiger partial charge in [-0.3, -0.25) is 4.79 Å². The van der Waals surface area contributed by atoms with E-state index < -0.39 is 0 Å². The van der Waals surface area contributed by atoms with Crippen LogP contribution in [0, 0.1) is 6.92 Å². The van der Waals surface area contributed by atoms with Crippen LogP contribution in [0.4, 0.5) is 5.82 Å². The molecule has 1 aromatic heterocycles. The Bertz CT molecular complexity index is 350. The van der Waals surface area contributed by atoms with Crippen LogP contribution in [0.25, 0.3) is 0 Å². The molecule has 0 aliphatic heterocycles. The van der Waals surface area contributed by atoms with E-state index in [4.69, 9.17) is 11.6 Å². The summed E-state index contributed by atoms with van der Waals surface area (Å²) in [6.07, 6.45) is 0.921. The second-order valence-electron chi connectivity index (χ2n) is 3.37. The highest BCUT2D eigenvalue weighted by molar-refractivity contribution is 6.28. The van der Waals surface area contributed by atoms with Gasteiger partial charge in [0.1, 0.15) is 5.82 Å². The number of carbonyl (C=O) groups excluding carboxylic acids is 1. The molecular weight excluding hydrogens is 228 g/mol. The number of aromatic nitrogens is 2. The molecule has 2 N–H and O–H groups in total. The molecule has 0 saturated carbocycles. The Morgan fingerprint density at radius 3 is 2.88 bits per heavy atom. The van der Waals surface area contributed by atoms with Gasteiger partial charge in [-0.05, 0) is 24.9 Å². The lowest BCUT2D eigenvalue weighted by atomic mass is 10.4. The van der Waals surface area contributed by atoms with Crippen LogP contribution in [0.15, 0.2) is 6.07 Å². The van der Waals surface area contributed by atoms with E-state index in [0.717, 1.165) is 12.1 Å². The molecule has 0 bridgehead atoms. The maximum atomic E-state index is 11.3. The summed E-state index contributed by atoms with van der Waals surface area (Å²) >= 11 is 5.69. The van der Waals surface area contributed by atoms with Gasteiger partial charge in [-0.15, -0.1) is 0 Å². The molecule has 1 aromatic rings. The Morgan fingerprint density at radius 1 is 1.50 bits per heavy atom. The average molecular weight is 243 g/mol. The van der Waals surface area contributed by atoms with Crippen molar-refractivity contribution in [2.75, 3.05) is 18.4 Å². The summed E-state index contributed by atoms with van der Waals surface area (Å²) in [6, 6.07) is 1.74. The van der Waals surface area contributed by atoms with E-state index in [1.54, 1.807) is 6.07 Å². The zero-order valence-corrected chi connectivity index (χ0v) is 10.1. The molecule has 0 radical (unpaired) electrons. The van der Waals surface area contributed by atoms with Gasteiger partial charge in [0.05, 0.1) is 6.54 Å². The van der Waals surface area contributed by atoms with Crippen LogP contribution in [0.5, 0.6) is 0 Å². The van der Waals surface area contributed by atoms with Gasteiger partial charge in [0.2, 0.25) is 11.2 Å². The summed E-state index contributed by atoms with van der Waals surface area (Å²) in [5.74, 6) is 0.499. The first kappa shape index (κ1) is 12.7. The van der Waals surface area contributed by atoms with Gasteiger partial charge < -0.3 is 10.6 Å². The van der Waals surface area contributed by atoms with Crippen molar-refractivity contribution in [3.05, 3.63) is 17.0 Å². The minimum Gasteiger partial charge on any atom is -0.361 e. The number of hydrogen-bond donors (Lipinski definition) is 2. The van der Waals surface area contributed by atoms with E-state index in [1.165, 1.54) is 0 Å². The fraction of sp³-hybridized carbons (Fsp3) is 0.500. The van der Waals surface area contributed by atoms with E-state index in [-0.39, 0.29) is 17.7 Å². The predicted molar refractivity (Wildman–Crippen MR) is 63.6 cm³/mol. The monoisotopic (exact) mass is 242 g/mol. The number of amides is 1. The summed E-state index contributed by atoms with van der Waals surface area (Å²) in [7, 11) is 0. The van der Waals surface area contributed by atoms with E-state index >= 15 is 0 Å². The van der Waals surface area contributed by atoms with Crippen molar-refractivity contribution in [3.63, 3.8) is 0 Å². The Morgan fingerprint density at radius 2 is 2.25 bits per heavy atom. The topological polar surface area (TPSA) is 66.9 Å². The highest BCUT2D eigenvalue weighted by Gasteiger charge is 2.02. The summed E-state index contributed by atoms with van der Waals surface area (Å²) in [5, 5.41) is 5.82.